The fourth-order valence-electron chi connectivity index (χ4n) is 2.01. The molecule has 0 unspecified atom stereocenters. The van der Waals surface area contributed by atoms with Crippen molar-refractivity contribution in [1.82, 2.24) is 14.7 Å². The molecule has 0 spiro atoms. The van der Waals surface area contributed by atoms with Crippen LogP contribution in [0, 0.1) is 0 Å². The standard InChI is InChI=1S/C15H19N3O2/c1-15(2,20)11-17(3)14(19)13-9-10-18(16-13)12-7-5-4-6-8-12/h4-10,20H,11H2,1-3H3. The van der Waals surface area contributed by atoms with Crippen LogP contribution in [0.15, 0.2) is 42.6 Å². The zero-order valence-corrected chi connectivity index (χ0v) is 11.9. The lowest BCUT2D eigenvalue weighted by Gasteiger charge is -2.24. The molecule has 0 aliphatic rings. The van der Waals surface area contributed by atoms with Gasteiger partial charge in [-0.3, -0.25) is 4.79 Å². The molecule has 0 radical (unpaired) electrons. The molecule has 2 rings (SSSR count). The van der Waals surface area contributed by atoms with Gasteiger partial charge in [0.05, 0.1) is 11.3 Å². The van der Waals surface area contributed by atoms with Crippen molar-refractivity contribution < 1.29 is 9.90 Å². The number of carbonyl (C=O) groups is 1. The minimum atomic E-state index is -0.924. The van der Waals surface area contributed by atoms with Gasteiger partial charge in [0, 0.05) is 19.8 Å². The summed E-state index contributed by atoms with van der Waals surface area (Å²) in [6.07, 6.45) is 1.75. The molecule has 0 aliphatic heterocycles. The Morgan fingerprint density at radius 1 is 1.30 bits per heavy atom. The van der Waals surface area contributed by atoms with Crippen molar-refractivity contribution in [1.29, 1.82) is 0 Å². The lowest BCUT2D eigenvalue weighted by molar-refractivity contribution is 0.0364. The third-order valence-corrected chi connectivity index (χ3v) is 2.80. The Hall–Kier alpha value is -2.14. The number of amides is 1. The Bertz CT molecular complexity index is 585. The van der Waals surface area contributed by atoms with E-state index in [2.05, 4.69) is 5.10 Å². The van der Waals surface area contributed by atoms with Gasteiger partial charge in [-0.15, -0.1) is 0 Å². The average molecular weight is 273 g/mol. The van der Waals surface area contributed by atoms with Crippen LogP contribution < -0.4 is 0 Å². The first-order chi connectivity index (χ1) is 9.37. The van der Waals surface area contributed by atoms with E-state index < -0.39 is 5.60 Å². The monoisotopic (exact) mass is 273 g/mol. The summed E-state index contributed by atoms with van der Waals surface area (Å²) >= 11 is 0. The van der Waals surface area contributed by atoms with Crippen LogP contribution in [0.2, 0.25) is 0 Å². The average Bonchev–Trinajstić information content (AvgIpc) is 2.86. The molecule has 5 nitrogen and oxygen atoms in total. The third kappa shape index (κ3) is 3.45. The van der Waals surface area contributed by atoms with E-state index in [1.54, 1.807) is 37.8 Å². The van der Waals surface area contributed by atoms with Crippen LogP contribution in [-0.4, -0.2) is 44.9 Å². The molecule has 0 saturated heterocycles. The van der Waals surface area contributed by atoms with Crippen LogP contribution in [0.25, 0.3) is 5.69 Å². The van der Waals surface area contributed by atoms with Gasteiger partial charge in [0.1, 0.15) is 0 Å². The van der Waals surface area contributed by atoms with Crippen LogP contribution in [-0.2, 0) is 0 Å². The summed E-state index contributed by atoms with van der Waals surface area (Å²) in [6.45, 7) is 3.59. The van der Waals surface area contributed by atoms with Crippen molar-refractivity contribution in [2.45, 2.75) is 19.4 Å². The second-order valence-electron chi connectivity index (χ2n) is 5.45. The number of aromatic nitrogens is 2. The minimum Gasteiger partial charge on any atom is -0.389 e. The molecule has 2 aromatic rings. The number of rotatable bonds is 4. The Kier molecular flexibility index (Phi) is 3.90. The highest BCUT2D eigenvalue weighted by Gasteiger charge is 2.21. The van der Waals surface area contributed by atoms with E-state index in [9.17, 15) is 9.90 Å². The molecule has 1 heterocycles. The zero-order chi connectivity index (χ0) is 14.8. The predicted octanol–water partition coefficient (Wildman–Crippen LogP) is 1.72. The minimum absolute atomic E-state index is 0.207. The number of para-hydroxylation sites is 1. The van der Waals surface area contributed by atoms with Gasteiger partial charge in [-0.1, -0.05) is 18.2 Å². The maximum atomic E-state index is 12.2. The smallest absolute Gasteiger partial charge is 0.274 e. The maximum absolute atomic E-state index is 12.2. The molecular weight excluding hydrogens is 254 g/mol. The topological polar surface area (TPSA) is 58.4 Å². The summed E-state index contributed by atoms with van der Waals surface area (Å²) in [5, 5.41) is 14.0. The number of hydrogen-bond acceptors (Lipinski definition) is 3. The first kappa shape index (κ1) is 14.3. The number of carbonyl (C=O) groups excluding carboxylic acids is 1. The van der Waals surface area contributed by atoms with Crippen LogP contribution in [0.3, 0.4) is 0 Å². The van der Waals surface area contributed by atoms with Crippen molar-refractivity contribution in [2.75, 3.05) is 13.6 Å². The molecule has 1 N–H and O–H groups in total. The number of nitrogens with zero attached hydrogens (tertiary/aromatic N) is 3. The summed E-state index contributed by atoms with van der Waals surface area (Å²) in [5.41, 5.74) is 0.337. The van der Waals surface area contributed by atoms with Gasteiger partial charge < -0.3 is 10.0 Å². The van der Waals surface area contributed by atoms with Gasteiger partial charge in [-0.2, -0.15) is 5.10 Å². The molecule has 0 atom stereocenters. The molecule has 5 heteroatoms. The largest absolute Gasteiger partial charge is 0.389 e. The third-order valence-electron chi connectivity index (χ3n) is 2.80. The number of aliphatic hydroxyl groups is 1. The van der Waals surface area contributed by atoms with Crippen LogP contribution in [0.5, 0.6) is 0 Å². The van der Waals surface area contributed by atoms with Gasteiger partial charge in [-0.05, 0) is 32.0 Å². The van der Waals surface area contributed by atoms with Crippen LogP contribution >= 0.6 is 0 Å². The summed E-state index contributed by atoms with van der Waals surface area (Å²) in [7, 11) is 1.65. The summed E-state index contributed by atoms with van der Waals surface area (Å²) in [4.78, 5) is 13.7. The maximum Gasteiger partial charge on any atom is 0.274 e. The van der Waals surface area contributed by atoms with Crippen molar-refractivity contribution in [3.63, 3.8) is 0 Å². The lowest BCUT2D eigenvalue weighted by atomic mass is 10.1. The van der Waals surface area contributed by atoms with E-state index in [0.29, 0.717) is 5.69 Å². The van der Waals surface area contributed by atoms with E-state index in [1.807, 2.05) is 30.3 Å². The van der Waals surface area contributed by atoms with Crippen molar-refractivity contribution >= 4 is 5.91 Å². The second-order valence-corrected chi connectivity index (χ2v) is 5.45. The molecule has 0 saturated carbocycles. The Morgan fingerprint density at radius 2 is 1.95 bits per heavy atom. The Balaban J connectivity index is 2.15. The highest BCUT2D eigenvalue weighted by Crippen LogP contribution is 2.10. The van der Waals surface area contributed by atoms with E-state index >= 15 is 0 Å². The first-order valence-corrected chi connectivity index (χ1v) is 6.46. The summed E-state index contributed by atoms with van der Waals surface area (Å²) < 4.78 is 1.66. The highest BCUT2D eigenvalue weighted by molar-refractivity contribution is 5.92. The summed E-state index contributed by atoms with van der Waals surface area (Å²) in [6, 6.07) is 11.3. The highest BCUT2D eigenvalue weighted by atomic mass is 16.3. The van der Waals surface area contributed by atoms with Gasteiger partial charge in [-0.25, -0.2) is 4.68 Å². The lowest BCUT2D eigenvalue weighted by Crippen LogP contribution is -2.39. The first-order valence-electron chi connectivity index (χ1n) is 6.46. The normalized spacial score (nSPS) is 11.4. The Labute approximate surface area is 118 Å². The van der Waals surface area contributed by atoms with Crippen molar-refractivity contribution in [3.05, 3.63) is 48.3 Å². The SMILES string of the molecule is CN(CC(C)(C)O)C(=O)c1ccn(-c2ccccc2)n1. The fraction of sp³-hybridized carbons (Fsp3) is 0.333. The molecule has 106 valence electrons. The molecule has 1 aromatic carbocycles. The number of likely N-dealkylation sites (N-methyl/N-ethyl adjacent to an activating group) is 1. The molecule has 0 fully saturated rings. The van der Waals surface area contributed by atoms with E-state index in [-0.39, 0.29) is 12.5 Å². The Morgan fingerprint density at radius 3 is 2.55 bits per heavy atom. The van der Waals surface area contributed by atoms with E-state index in [4.69, 9.17) is 0 Å². The molecule has 1 aromatic heterocycles. The fourth-order valence-corrected chi connectivity index (χ4v) is 2.01. The van der Waals surface area contributed by atoms with Crippen LogP contribution in [0.4, 0.5) is 0 Å². The molecule has 0 aliphatic carbocycles. The quantitative estimate of drug-likeness (QED) is 0.922. The molecule has 20 heavy (non-hydrogen) atoms. The molecular formula is C15H19N3O2. The van der Waals surface area contributed by atoms with Gasteiger partial charge in [0.2, 0.25) is 0 Å². The van der Waals surface area contributed by atoms with Crippen molar-refractivity contribution in [2.24, 2.45) is 0 Å². The van der Waals surface area contributed by atoms with Crippen LogP contribution in [0.1, 0.15) is 24.3 Å². The summed E-state index contributed by atoms with van der Waals surface area (Å²) in [5.74, 6) is -0.207. The predicted molar refractivity (Wildman–Crippen MR) is 76.8 cm³/mol. The number of benzene rings is 1. The molecule has 0 bridgehead atoms. The van der Waals surface area contributed by atoms with Crippen molar-refractivity contribution in [3.8, 4) is 5.69 Å². The second kappa shape index (κ2) is 5.46. The van der Waals surface area contributed by atoms with E-state index in [0.717, 1.165) is 5.69 Å². The zero-order valence-electron chi connectivity index (χ0n) is 11.9. The van der Waals surface area contributed by atoms with Gasteiger partial charge in [0.15, 0.2) is 5.69 Å². The number of hydrogen-bond donors (Lipinski definition) is 1. The van der Waals surface area contributed by atoms with Gasteiger partial charge >= 0.3 is 0 Å². The van der Waals surface area contributed by atoms with Gasteiger partial charge in [0.25, 0.3) is 5.91 Å². The molecule has 1 amide bonds. The van der Waals surface area contributed by atoms with E-state index in [1.165, 1.54) is 4.90 Å².